The van der Waals surface area contributed by atoms with Crippen molar-refractivity contribution in [2.45, 2.75) is 51.5 Å². The molecule has 0 bridgehead atoms. The van der Waals surface area contributed by atoms with Gasteiger partial charge in [0.15, 0.2) is 0 Å². The molecule has 4 heteroatoms. The van der Waals surface area contributed by atoms with Crippen molar-refractivity contribution in [2.75, 3.05) is 0 Å². The van der Waals surface area contributed by atoms with Crippen LogP contribution < -0.4 is 0 Å². The Labute approximate surface area is 114 Å². The normalized spacial score (nSPS) is 24.4. The van der Waals surface area contributed by atoms with Gasteiger partial charge in [-0.25, -0.2) is 4.79 Å². The maximum absolute atomic E-state index is 11.5. The number of nitrogens with zero attached hydrogens (tertiary/aromatic N) is 1. The summed E-state index contributed by atoms with van der Waals surface area (Å²) in [4.78, 5) is 12.9. The average Bonchev–Trinajstić information content (AvgIpc) is 2.45. The van der Waals surface area contributed by atoms with Gasteiger partial charge in [-0.1, -0.05) is 30.3 Å². The van der Waals surface area contributed by atoms with Crippen LogP contribution in [0.1, 0.15) is 33.3 Å². The van der Waals surface area contributed by atoms with Crippen LogP contribution in [0.2, 0.25) is 0 Å². The predicted molar refractivity (Wildman–Crippen MR) is 73.0 cm³/mol. The maximum atomic E-state index is 11.5. The highest BCUT2D eigenvalue weighted by Gasteiger charge is 2.55. The van der Waals surface area contributed by atoms with E-state index in [1.165, 1.54) is 4.90 Å². The van der Waals surface area contributed by atoms with Gasteiger partial charge in [0.1, 0.15) is 5.72 Å². The van der Waals surface area contributed by atoms with Crippen LogP contribution in [0.5, 0.6) is 0 Å². The highest BCUT2D eigenvalue weighted by molar-refractivity contribution is 5.67. The summed E-state index contributed by atoms with van der Waals surface area (Å²) in [5.41, 5.74) is -0.191. The van der Waals surface area contributed by atoms with Gasteiger partial charge in [0.2, 0.25) is 0 Å². The molecule has 4 nitrogen and oxygen atoms in total. The number of rotatable bonds is 2. The minimum atomic E-state index is -0.939. The van der Waals surface area contributed by atoms with Crippen molar-refractivity contribution in [1.82, 2.24) is 4.90 Å². The summed E-state index contributed by atoms with van der Waals surface area (Å²) < 4.78 is 5.99. The smallest absolute Gasteiger partial charge is 0.410 e. The maximum Gasteiger partial charge on any atom is 0.410 e. The molecular weight excluding hydrogens is 242 g/mol. The van der Waals surface area contributed by atoms with Crippen LogP contribution in [-0.4, -0.2) is 33.5 Å². The molecular formula is C15H21NO3. The first-order chi connectivity index (χ1) is 8.75. The number of ether oxygens (including phenoxy) is 1. The lowest BCUT2D eigenvalue weighted by molar-refractivity contribution is -0.0662. The first-order valence-corrected chi connectivity index (χ1v) is 6.50. The monoisotopic (exact) mass is 263 g/mol. The van der Waals surface area contributed by atoms with Gasteiger partial charge in [0.25, 0.3) is 0 Å². The third kappa shape index (κ3) is 2.45. The molecule has 1 unspecified atom stereocenters. The van der Waals surface area contributed by atoms with E-state index in [2.05, 4.69) is 0 Å². The van der Waals surface area contributed by atoms with E-state index in [1.54, 1.807) is 13.8 Å². The Balaban J connectivity index is 2.26. The van der Waals surface area contributed by atoms with Gasteiger partial charge >= 0.3 is 6.09 Å². The molecule has 0 saturated carbocycles. The SMILES string of the molecule is CC1(C)OC(Cc2ccccc2)C(C)(C)N1C(=O)O. The molecule has 2 rings (SSSR count). The van der Waals surface area contributed by atoms with E-state index in [9.17, 15) is 9.90 Å². The summed E-state index contributed by atoms with van der Waals surface area (Å²) >= 11 is 0. The van der Waals surface area contributed by atoms with Gasteiger partial charge in [-0.2, -0.15) is 0 Å². The minimum absolute atomic E-state index is 0.152. The van der Waals surface area contributed by atoms with Crippen molar-refractivity contribution in [3.8, 4) is 0 Å². The minimum Gasteiger partial charge on any atom is -0.465 e. The lowest BCUT2D eigenvalue weighted by Gasteiger charge is -2.36. The molecule has 1 atom stereocenters. The van der Waals surface area contributed by atoms with Crippen LogP contribution in [0.25, 0.3) is 0 Å². The Morgan fingerprint density at radius 1 is 1.26 bits per heavy atom. The second-order valence-corrected chi connectivity index (χ2v) is 6.01. The van der Waals surface area contributed by atoms with E-state index in [0.717, 1.165) is 5.56 Å². The number of hydrogen-bond donors (Lipinski definition) is 1. The Kier molecular flexibility index (Phi) is 3.31. The van der Waals surface area contributed by atoms with Crippen LogP contribution in [-0.2, 0) is 11.2 Å². The quantitative estimate of drug-likeness (QED) is 0.891. The molecule has 104 valence electrons. The highest BCUT2D eigenvalue weighted by atomic mass is 16.6. The molecule has 19 heavy (non-hydrogen) atoms. The molecule has 1 N–H and O–H groups in total. The van der Waals surface area contributed by atoms with E-state index in [-0.39, 0.29) is 6.10 Å². The Hall–Kier alpha value is -1.55. The third-order valence-corrected chi connectivity index (χ3v) is 3.79. The fourth-order valence-electron chi connectivity index (χ4n) is 2.98. The van der Waals surface area contributed by atoms with Gasteiger partial charge in [0, 0.05) is 6.42 Å². The number of carboxylic acid groups (broad SMARTS) is 1. The summed E-state index contributed by atoms with van der Waals surface area (Å²) in [5, 5.41) is 9.41. The summed E-state index contributed by atoms with van der Waals surface area (Å²) in [7, 11) is 0. The molecule has 1 aromatic carbocycles. The van der Waals surface area contributed by atoms with E-state index in [1.807, 2.05) is 44.2 Å². The highest BCUT2D eigenvalue weighted by Crippen LogP contribution is 2.40. The van der Waals surface area contributed by atoms with Gasteiger partial charge < -0.3 is 9.84 Å². The van der Waals surface area contributed by atoms with Gasteiger partial charge in [-0.3, -0.25) is 4.90 Å². The molecule has 1 heterocycles. The van der Waals surface area contributed by atoms with Crippen molar-refractivity contribution < 1.29 is 14.6 Å². The Morgan fingerprint density at radius 2 is 1.84 bits per heavy atom. The van der Waals surface area contributed by atoms with Gasteiger partial charge in [-0.15, -0.1) is 0 Å². The summed E-state index contributed by atoms with van der Waals surface area (Å²) in [6.45, 7) is 7.44. The molecule has 1 amide bonds. The molecule has 1 aliphatic rings. The van der Waals surface area contributed by atoms with Crippen molar-refractivity contribution in [2.24, 2.45) is 0 Å². The molecule has 0 radical (unpaired) electrons. The van der Waals surface area contributed by atoms with Crippen LogP contribution in [0.4, 0.5) is 4.79 Å². The summed E-state index contributed by atoms with van der Waals surface area (Å²) in [6.07, 6.45) is -0.382. The molecule has 0 aromatic heterocycles. The second-order valence-electron chi connectivity index (χ2n) is 6.01. The van der Waals surface area contributed by atoms with Gasteiger partial charge in [-0.05, 0) is 33.3 Å². The fraction of sp³-hybridized carbons (Fsp3) is 0.533. The number of amides is 1. The van der Waals surface area contributed by atoms with Crippen LogP contribution in [0.3, 0.4) is 0 Å². The van der Waals surface area contributed by atoms with Crippen molar-refractivity contribution in [1.29, 1.82) is 0 Å². The molecule has 1 aromatic rings. The van der Waals surface area contributed by atoms with E-state index in [4.69, 9.17) is 4.74 Å². The van der Waals surface area contributed by atoms with Crippen LogP contribution >= 0.6 is 0 Å². The van der Waals surface area contributed by atoms with Crippen LogP contribution in [0.15, 0.2) is 30.3 Å². The Bertz CT molecular complexity index is 468. The number of benzene rings is 1. The second kappa shape index (κ2) is 4.53. The first kappa shape index (κ1) is 13.9. The lowest BCUT2D eigenvalue weighted by atomic mass is 9.91. The standard InChI is InChI=1S/C15H21NO3/c1-14(2)12(10-11-8-6-5-7-9-11)19-15(3,4)16(14)13(17)18/h5-9,12H,10H2,1-4H3,(H,17,18). The zero-order valence-corrected chi connectivity index (χ0v) is 11.9. The molecule has 1 fully saturated rings. The van der Waals surface area contributed by atoms with E-state index in [0.29, 0.717) is 6.42 Å². The Morgan fingerprint density at radius 3 is 2.32 bits per heavy atom. The van der Waals surface area contributed by atoms with Gasteiger partial charge in [0.05, 0.1) is 11.6 Å². The third-order valence-electron chi connectivity index (χ3n) is 3.79. The molecule has 0 spiro atoms. The largest absolute Gasteiger partial charge is 0.465 e. The van der Waals surface area contributed by atoms with Crippen molar-refractivity contribution in [3.05, 3.63) is 35.9 Å². The van der Waals surface area contributed by atoms with E-state index >= 15 is 0 Å². The lowest BCUT2D eigenvalue weighted by Crippen LogP contribution is -2.53. The fourth-order valence-corrected chi connectivity index (χ4v) is 2.98. The molecule has 0 aliphatic carbocycles. The summed E-state index contributed by atoms with van der Waals surface area (Å²) in [5.74, 6) is 0. The zero-order chi connectivity index (χ0) is 14.3. The molecule has 1 aliphatic heterocycles. The number of carbonyl (C=O) groups is 1. The molecule has 1 saturated heterocycles. The van der Waals surface area contributed by atoms with Crippen molar-refractivity contribution in [3.63, 3.8) is 0 Å². The van der Waals surface area contributed by atoms with Crippen LogP contribution in [0, 0.1) is 0 Å². The summed E-state index contributed by atoms with van der Waals surface area (Å²) in [6, 6.07) is 10.0. The van der Waals surface area contributed by atoms with E-state index < -0.39 is 17.4 Å². The number of hydrogen-bond acceptors (Lipinski definition) is 2. The predicted octanol–water partition coefficient (Wildman–Crippen LogP) is 3.12. The topological polar surface area (TPSA) is 49.8 Å². The first-order valence-electron chi connectivity index (χ1n) is 6.50. The average molecular weight is 263 g/mol. The van der Waals surface area contributed by atoms with Crippen molar-refractivity contribution >= 4 is 6.09 Å². The zero-order valence-electron chi connectivity index (χ0n) is 11.9.